The summed E-state index contributed by atoms with van der Waals surface area (Å²) in [6.45, 7) is 1.54. The number of carbonyl (C=O) groups is 1. The van der Waals surface area contributed by atoms with E-state index in [0.29, 0.717) is 11.5 Å². The first-order valence-electron chi connectivity index (χ1n) is 9.83. The minimum absolute atomic E-state index is 0.0554. The highest BCUT2D eigenvalue weighted by atomic mass is 16.5. The second-order valence-corrected chi connectivity index (χ2v) is 7.24. The van der Waals surface area contributed by atoms with Crippen molar-refractivity contribution in [2.45, 2.75) is 19.8 Å². The summed E-state index contributed by atoms with van der Waals surface area (Å²) in [4.78, 5) is 20.9. The molecular formula is C25H23N3O2. The zero-order valence-corrected chi connectivity index (χ0v) is 17.1. The van der Waals surface area contributed by atoms with Crippen LogP contribution >= 0.6 is 0 Å². The van der Waals surface area contributed by atoms with E-state index in [0.717, 1.165) is 51.7 Å². The molecule has 0 spiro atoms. The summed E-state index contributed by atoms with van der Waals surface area (Å²) >= 11 is 0. The normalized spacial score (nSPS) is 10.9. The summed E-state index contributed by atoms with van der Waals surface area (Å²) in [7, 11) is 1.64. The third-order valence-electron chi connectivity index (χ3n) is 5.25. The summed E-state index contributed by atoms with van der Waals surface area (Å²) < 4.78 is 5.26. The van der Waals surface area contributed by atoms with Gasteiger partial charge >= 0.3 is 0 Å². The number of benzene rings is 2. The standard InChI is InChI=1S/C25H23N3O2/c1-16(29)23-15-22(18-8-10-20(30-2)11-9-18)21-12-6-17(14-24(21)28-23)5-7-19-4-3-13-27-25(19)26/h3-4,6,8-15H,5,7H2,1-2H3,(H2,26,27). The van der Waals surface area contributed by atoms with Gasteiger partial charge in [-0.3, -0.25) is 4.79 Å². The second-order valence-electron chi connectivity index (χ2n) is 7.24. The third-order valence-corrected chi connectivity index (χ3v) is 5.25. The summed E-state index contributed by atoms with van der Waals surface area (Å²) in [5, 5.41) is 1.01. The molecule has 0 amide bonds. The topological polar surface area (TPSA) is 78.1 Å². The van der Waals surface area contributed by atoms with E-state index in [1.165, 1.54) is 0 Å². The van der Waals surface area contributed by atoms with Gasteiger partial charge in [0.15, 0.2) is 5.78 Å². The van der Waals surface area contributed by atoms with Gasteiger partial charge in [0, 0.05) is 18.5 Å². The lowest BCUT2D eigenvalue weighted by molar-refractivity contribution is 0.101. The minimum Gasteiger partial charge on any atom is -0.497 e. The fourth-order valence-corrected chi connectivity index (χ4v) is 3.56. The van der Waals surface area contributed by atoms with Crippen molar-refractivity contribution in [3.8, 4) is 16.9 Å². The maximum Gasteiger partial charge on any atom is 0.178 e. The molecule has 2 aromatic carbocycles. The van der Waals surface area contributed by atoms with E-state index in [4.69, 9.17) is 10.5 Å². The monoisotopic (exact) mass is 397 g/mol. The van der Waals surface area contributed by atoms with Crippen molar-refractivity contribution in [3.63, 3.8) is 0 Å². The fraction of sp³-hybridized carbons (Fsp3) is 0.160. The molecular weight excluding hydrogens is 374 g/mol. The molecule has 0 aliphatic heterocycles. The molecule has 0 atom stereocenters. The Morgan fingerprint density at radius 3 is 2.53 bits per heavy atom. The maximum absolute atomic E-state index is 12.1. The van der Waals surface area contributed by atoms with E-state index in [1.807, 2.05) is 42.5 Å². The van der Waals surface area contributed by atoms with E-state index in [2.05, 4.69) is 28.2 Å². The van der Waals surface area contributed by atoms with Gasteiger partial charge in [0.2, 0.25) is 0 Å². The number of aromatic nitrogens is 2. The second kappa shape index (κ2) is 8.33. The lowest BCUT2D eigenvalue weighted by Crippen LogP contribution is -2.01. The van der Waals surface area contributed by atoms with Crippen molar-refractivity contribution in [1.29, 1.82) is 0 Å². The van der Waals surface area contributed by atoms with Gasteiger partial charge in [0.05, 0.1) is 12.6 Å². The van der Waals surface area contributed by atoms with Gasteiger partial charge in [-0.05, 0) is 65.4 Å². The molecule has 5 nitrogen and oxygen atoms in total. The zero-order chi connectivity index (χ0) is 21.1. The van der Waals surface area contributed by atoms with Crippen LogP contribution in [0.1, 0.15) is 28.5 Å². The number of ether oxygens (including phenoxy) is 1. The maximum atomic E-state index is 12.1. The zero-order valence-electron chi connectivity index (χ0n) is 17.1. The van der Waals surface area contributed by atoms with Crippen LogP contribution < -0.4 is 10.5 Å². The number of nitrogens with zero attached hydrogens (tertiary/aromatic N) is 2. The number of anilines is 1. The molecule has 30 heavy (non-hydrogen) atoms. The quantitative estimate of drug-likeness (QED) is 0.469. The van der Waals surface area contributed by atoms with Gasteiger partial charge in [0.1, 0.15) is 17.3 Å². The highest BCUT2D eigenvalue weighted by molar-refractivity contribution is 6.01. The van der Waals surface area contributed by atoms with Gasteiger partial charge in [0.25, 0.3) is 0 Å². The predicted molar refractivity (Wildman–Crippen MR) is 120 cm³/mol. The van der Waals surface area contributed by atoms with Crippen molar-refractivity contribution in [1.82, 2.24) is 9.97 Å². The summed E-state index contributed by atoms with van der Waals surface area (Å²) in [6.07, 6.45) is 3.31. The number of methoxy groups -OCH3 is 1. The Kier molecular flexibility index (Phi) is 5.44. The summed E-state index contributed by atoms with van der Waals surface area (Å²) in [6, 6.07) is 19.8. The van der Waals surface area contributed by atoms with E-state index >= 15 is 0 Å². The molecule has 150 valence electrons. The number of aryl methyl sites for hydroxylation is 2. The van der Waals surface area contributed by atoms with Crippen molar-refractivity contribution in [2.75, 3.05) is 12.8 Å². The van der Waals surface area contributed by atoms with Crippen molar-refractivity contribution < 1.29 is 9.53 Å². The minimum atomic E-state index is -0.0554. The molecule has 4 rings (SSSR count). The molecule has 5 heteroatoms. The number of nitrogen functional groups attached to an aromatic ring is 1. The molecule has 0 saturated carbocycles. The first-order valence-corrected chi connectivity index (χ1v) is 9.83. The molecule has 0 saturated heterocycles. The van der Waals surface area contributed by atoms with Gasteiger partial charge in [-0.1, -0.05) is 30.3 Å². The largest absolute Gasteiger partial charge is 0.497 e. The molecule has 4 aromatic rings. The molecule has 0 fully saturated rings. The van der Waals surface area contributed by atoms with Crippen LogP contribution in [0.4, 0.5) is 5.82 Å². The molecule has 0 aliphatic rings. The number of hydrogen-bond donors (Lipinski definition) is 1. The SMILES string of the molecule is COc1ccc(-c2cc(C(C)=O)nc3cc(CCc4cccnc4N)ccc23)cc1. The van der Waals surface area contributed by atoms with Crippen LogP contribution in [0.15, 0.2) is 66.9 Å². The van der Waals surface area contributed by atoms with Gasteiger partial charge in [-0.2, -0.15) is 0 Å². The number of hydrogen-bond acceptors (Lipinski definition) is 5. The number of nitrogens with two attached hydrogens (primary N) is 1. The van der Waals surface area contributed by atoms with Crippen LogP contribution in [0.25, 0.3) is 22.0 Å². The first kappa shape index (κ1) is 19.6. The number of Topliss-reactive ketones (excluding diaryl/α,β-unsaturated/α-hetero) is 1. The van der Waals surface area contributed by atoms with E-state index < -0.39 is 0 Å². The Morgan fingerprint density at radius 1 is 1.03 bits per heavy atom. The molecule has 0 bridgehead atoms. The molecule has 2 aromatic heterocycles. The lowest BCUT2D eigenvalue weighted by Gasteiger charge is -2.11. The predicted octanol–water partition coefficient (Wildman–Crippen LogP) is 4.88. The summed E-state index contributed by atoms with van der Waals surface area (Å²) in [5.74, 6) is 1.30. The highest BCUT2D eigenvalue weighted by Crippen LogP contribution is 2.31. The Hall–Kier alpha value is -3.73. The Bertz CT molecular complexity index is 1220. The molecule has 0 radical (unpaired) electrons. The van der Waals surface area contributed by atoms with Crippen molar-refractivity contribution >= 4 is 22.5 Å². The Labute approximate surface area is 175 Å². The highest BCUT2D eigenvalue weighted by Gasteiger charge is 2.12. The van der Waals surface area contributed by atoms with Crippen LogP contribution in [0.2, 0.25) is 0 Å². The smallest absolute Gasteiger partial charge is 0.178 e. The summed E-state index contributed by atoms with van der Waals surface area (Å²) in [5.41, 5.74) is 11.4. The molecule has 0 aliphatic carbocycles. The first-order chi connectivity index (χ1) is 14.5. The average Bonchev–Trinajstić information content (AvgIpc) is 2.77. The van der Waals surface area contributed by atoms with Crippen LogP contribution in [0.5, 0.6) is 5.75 Å². The number of fused-ring (bicyclic) bond motifs is 1. The van der Waals surface area contributed by atoms with Crippen LogP contribution in [-0.4, -0.2) is 22.9 Å². The van der Waals surface area contributed by atoms with Crippen LogP contribution in [-0.2, 0) is 12.8 Å². The Morgan fingerprint density at radius 2 is 1.83 bits per heavy atom. The van der Waals surface area contributed by atoms with Crippen molar-refractivity contribution in [3.05, 3.63) is 83.7 Å². The number of pyridine rings is 2. The molecule has 2 heterocycles. The van der Waals surface area contributed by atoms with E-state index in [1.54, 1.807) is 20.2 Å². The fourth-order valence-electron chi connectivity index (χ4n) is 3.56. The number of rotatable bonds is 6. The Balaban J connectivity index is 1.73. The van der Waals surface area contributed by atoms with Crippen LogP contribution in [0.3, 0.4) is 0 Å². The lowest BCUT2D eigenvalue weighted by atomic mass is 9.97. The molecule has 2 N–H and O–H groups in total. The number of carbonyl (C=O) groups excluding carboxylic acids is 1. The number of ketones is 1. The third kappa shape index (κ3) is 4.01. The van der Waals surface area contributed by atoms with Crippen molar-refractivity contribution in [2.24, 2.45) is 0 Å². The molecule has 0 unspecified atom stereocenters. The average molecular weight is 397 g/mol. The van der Waals surface area contributed by atoms with E-state index in [9.17, 15) is 4.79 Å². The van der Waals surface area contributed by atoms with Crippen LogP contribution in [0, 0.1) is 0 Å². The van der Waals surface area contributed by atoms with Gasteiger partial charge in [-0.15, -0.1) is 0 Å². The van der Waals surface area contributed by atoms with Gasteiger partial charge in [-0.25, -0.2) is 9.97 Å². The van der Waals surface area contributed by atoms with Gasteiger partial charge < -0.3 is 10.5 Å². The van der Waals surface area contributed by atoms with E-state index in [-0.39, 0.29) is 5.78 Å².